The van der Waals surface area contributed by atoms with Gasteiger partial charge in [-0.25, -0.2) is 4.98 Å². The van der Waals surface area contributed by atoms with Gasteiger partial charge < -0.3 is 25.7 Å². The van der Waals surface area contributed by atoms with E-state index in [-0.39, 0.29) is 18.1 Å². The summed E-state index contributed by atoms with van der Waals surface area (Å²) < 4.78 is 6.39. The first-order valence-corrected chi connectivity index (χ1v) is 9.51. The molecule has 1 amide bonds. The number of hydrogen-bond acceptors (Lipinski definition) is 5. The van der Waals surface area contributed by atoms with Crippen molar-refractivity contribution in [1.29, 1.82) is 0 Å². The molecule has 0 unspecified atom stereocenters. The first-order chi connectivity index (χ1) is 12.1. The predicted octanol–water partition coefficient (Wildman–Crippen LogP) is 2.37. The van der Waals surface area contributed by atoms with Gasteiger partial charge in [-0.05, 0) is 41.6 Å². The molecule has 2 atom stereocenters. The average molecular weight is 408 g/mol. The number of amides is 1. The molecular weight excluding hydrogens is 386 g/mol. The molecule has 2 aromatic rings. The van der Waals surface area contributed by atoms with E-state index in [2.05, 4.69) is 36.1 Å². The molecule has 2 saturated heterocycles. The monoisotopic (exact) mass is 407 g/mol. The first kappa shape index (κ1) is 16.8. The summed E-state index contributed by atoms with van der Waals surface area (Å²) in [7, 11) is 0. The highest BCUT2D eigenvalue weighted by Crippen LogP contribution is 2.39. The van der Waals surface area contributed by atoms with Gasteiger partial charge in [0.15, 0.2) is 0 Å². The highest BCUT2D eigenvalue weighted by Gasteiger charge is 2.27. The molecule has 134 valence electrons. The van der Waals surface area contributed by atoms with Crippen molar-refractivity contribution in [2.75, 3.05) is 29.9 Å². The number of carbonyl (C=O) groups excluding carboxylic acids is 1. The number of aromatic amines is 1. The Bertz CT molecular complexity index is 787. The van der Waals surface area contributed by atoms with Crippen molar-refractivity contribution in [3.63, 3.8) is 0 Å². The number of nitrogens with zero attached hydrogens (tertiary/aromatic N) is 2. The number of fused-ring (bicyclic) bond motifs is 1. The number of halogens is 1. The van der Waals surface area contributed by atoms with Crippen molar-refractivity contribution < 1.29 is 9.53 Å². The van der Waals surface area contributed by atoms with Crippen LogP contribution in [0.25, 0.3) is 11.0 Å². The predicted molar refractivity (Wildman–Crippen MR) is 101 cm³/mol. The normalized spacial score (nSPS) is 24.0. The lowest BCUT2D eigenvalue weighted by atomic mass is 10.1. The fraction of sp³-hybridized carbons (Fsp3) is 0.529. The zero-order valence-electron chi connectivity index (χ0n) is 13.9. The van der Waals surface area contributed by atoms with Gasteiger partial charge in [0.25, 0.3) is 5.91 Å². The van der Waals surface area contributed by atoms with Crippen molar-refractivity contribution in [3.05, 3.63) is 16.9 Å². The lowest BCUT2D eigenvalue weighted by molar-refractivity contribution is -0.124. The van der Waals surface area contributed by atoms with Crippen LogP contribution in [0.15, 0.2) is 16.9 Å². The molecule has 2 aliphatic rings. The number of piperidine rings is 1. The molecule has 0 bridgehead atoms. The minimum Gasteiger partial charge on any atom is -0.368 e. The molecule has 8 heteroatoms. The van der Waals surface area contributed by atoms with Crippen molar-refractivity contribution in [2.24, 2.45) is 5.73 Å². The second-order valence-corrected chi connectivity index (χ2v) is 7.57. The van der Waals surface area contributed by atoms with Crippen LogP contribution in [0.5, 0.6) is 0 Å². The Morgan fingerprint density at radius 1 is 1.44 bits per heavy atom. The molecule has 0 saturated carbocycles. The molecule has 0 aliphatic carbocycles. The zero-order valence-corrected chi connectivity index (χ0v) is 15.5. The number of rotatable bonds is 3. The number of pyridine rings is 1. The molecule has 2 fully saturated rings. The lowest BCUT2D eigenvalue weighted by Crippen LogP contribution is -2.43. The number of nitrogens with one attached hydrogen (secondary N) is 2. The summed E-state index contributed by atoms with van der Waals surface area (Å²) in [6.45, 7) is 2.38. The van der Waals surface area contributed by atoms with Gasteiger partial charge in [-0.3, -0.25) is 4.79 Å². The average Bonchev–Trinajstić information content (AvgIpc) is 3.25. The maximum absolute atomic E-state index is 12.5. The molecule has 2 aliphatic heterocycles. The first-order valence-electron chi connectivity index (χ1n) is 8.72. The number of ether oxygens (including phenoxy) is 1. The van der Waals surface area contributed by atoms with E-state index >= 15 is 0 Å². The van der Waals surface area contributed by atoms with Crippen LogP contribution in [0, 0.1) is 0 Å². The maximum atomic E-state index is 12.5. The van der Waals surface area contributed by atoms with Gasteiger partial charge in [0.05, 0.1) is 21.2 Å². The van der Waals surface area contributed by atoms with Gasteiger partial charge in [0, 0.05) is 38.1 Å². The number of aromatic nitrogens is 2. The van der Waals surface area contributed by atoms with Gasteiger partial charge in [0.1, 0.15) is 11.8 Å². The van der Waals surface area contributed by atoms with Crippen molar-refractivity contribution >= 4 is 44.2 Å². The van der Waals surface area contributed by atoms with Crippen LogP contribution in [0.1, 0.15) is 25.7 Å². The second-order valence-electron chi connectivity index (χ2n) is 6.72. The van der Waals surface area contributed by atoms with E-state index < -0.39 is 0 Å². The summed E-state index contributed by atoms with van der Waals surface area (Å²) in [5.41, 5.74) is 8.68. The van der Waals surface area contributed by atoms with Crippen molar-refractivity contribution in [1.82, 2.24) is 9.97 Å². The fourth-order valence-electron chi connectivity index (χ4n) is 3.67. The third-order valence-corrected chi connectivity index (χ3v) is 5.46. The molecule has 4 N–H and O–H groups in total. The Balaban J connectivity index is 1.70. The summed E-state index contributed by atoms with van der Waals surface area (Å²) >= 11 is 3.63. The largest absolute Gasteiger partial charge is 0.368 e. The van der Waals surface area contributed by atoms with Crippen LogP contribution in [0.2, 0.25) is 0 Å². The van der Waals surface area contributed by atoms with Gasteiger partial charge in [-0.1, -0.05) is 0 Å². The third-order valence-electron chi connectivity index (χ3n) is 4.88. The van der Waals surface area contributed by atoms with Gasteiger partial charge >= 0.3 is 0 Å². The third kappa shape index (κ3) is 3.26. The van der Waals surface area contributed by atoms with E-state index in [0.717, 1.165) is 65.7 Å². The minimum atomic E-state index is -0.364. The fourth-order valence-corrected chi connectivity index (χ4v) is 4.23. The topological polar surface area (TPSA) is 96.3 Å². The van der Waals surface area contributed by atoms with Crippen molar-refractivity contribution in [2.45, 2.75) is 37.8 Å². The number of hydrogen-bond donors (Lipinski definition) is 3. The van der Waals surface area contributed by atoms with E-state index in [0.29, 0.717) is 6.61 Å². The quantitative estimate of drug-likeness (QED) is 0.725. The highest BCUT2D eigenvalue weighted by atomic mass is 79.9. The highest BCUT2D eigenvalue weighted by molar-refractivity contribution is 9.10. The molecule has 0 spiro atoms. The van der Waals surface area contributed by atoms with Crippen LogP contribution in [0.3, 0.4) is 0 Å². The molecule has 4 heterocycles. The number of anilines is 2. The summed E-state index contributed by atoms with van der Waals surface area (Å²) in [4.78, 5) is 22.3. The molecule has 0 aromatic carbocycles. The summed E-state index contributed by atoms with van der Waals surface area (Å²) in [5, 5.41) is 3.92. The van der Waals surface area contributed by atoms with Crippen LogP contribution in [-0.4, -0.2) is 47.7 Å². The van der Waals surface area contributed by atoms with Gasteiger partial charge in [-0.15, -0.1) is 0 Å². The molecule has 25 heavy (non-hydrogen) atoms. The van der Waals surface area contributed by atoms with Crippen LogP contribution in [-0.2, 0) is 9.53 Å². The maximum Gasteiger partial charge on any atom is 0.253 e. The molecule has 7 nitrogen and oxygen atoms in total. The second kappa shape index (κ2) is 6.93. The number of nitrogens with two attached hydrogens (primary N) is 1. The summed E-state index contributed by atoms with van der Waals surface area (Å²) in [6, 6.07) is 0.160. The van der Waals surface area contributed by atoms with Crippen LogP contribution < -0.4 is 16.0 Å². The van der Waals surface area contributed by atoms with E-state index in [4.69, 9.17) is 10.5 Å². The molecular formula is C17H22BrN5O2. The van der Waals surface area contributed by atoms with Gasteiger partial charge in [-0.2, -0.15) is 0 Å². The smallest absolute Gasteiger partial charge is 0.253 e. The van der Waals surface area contributed by atoms with E-state index in [1.54, 1.807) is 12.4 Å². The molecule has 2 aromatic heterocycles. The Kier molecular flexibility index (Phi) is 4.66. The number of carbonyl (C=O) groups is 1. The Labute approximate surface area is 154 Å². The van der Waals surface area contributed by atoms with E-state index in [1.807, 2.05) is 0 Å². The standard InChI is InChI=1S/C17H22BrN5O2/c18-11-7-20-16-14(15(11)23-5-1-3-10(19)9-23)12(8-21-16)22-17(24)13-4-2-6-25-13/h7-8,10,13H,1-6,9,19H2,(H,20,21)(H,22,24)/t10-,13+/m1/s1. The van der Waals surface area contributed by atoms with Crippen molar-refractivity contribution in [3.8, 4) is 0 Å². The SMILES string of the molecule is N[C@@H]1CCCN(c2c(Br)cnc3[nH]cc(NC(=O)[C@@H]4CCCO4)c23)C1. The van der Waals surface area contributed by atoms with E-state index in [1.165, 1.54) is 0 Å². The number of H-pyrrole nitrogens is 1. The lowest BCUT2D eigenvalue weighted by Gasteiger charge is -2.33. The Morgan fingerprint density at radius 2 is 2.32 bits per heavy atom. The summed E-state index contributed by atoms with van der Waals surface area (Å²) in [6.07, 6.45) is 7.01. The minimum absolute atomic E-state index is 0.0975. The Hall–Kier alpha value is -1.64. The molecule has 0 radical (unpaired) electrons. The molecule has 4 rings (SSSR count). The summed E-state index contributed by atoms with van der Waals surface area (Å²) in [5.74, 6) is -0.0975. The Morgan fingerprint density at radius 3 is 3.08 bits per heavy atom. The zero-order chi connectivity index (χ0) is 17.4. The van der Waals surface area contributed by atoms with Gasteiger partial charge in [0.2, 0.25) is 0 Å². The van der Waals surface area contributed by atoms with Crippen LogP contribution >= 0.6 is 15.9 Å². The van der Waals surface area contributed by atoms with Crippen LogP contribution in [0.4, 0.5) is 11.4 Å². The van der Waals surface area contributed by atoms with E-state index in [9.17, 15) is 4.79 Å².